The van der Waals surface area contributed by atoms with Gasteiger partial charge in [-0.05, 0) is 0 Å². The van der Waals surface area contributed by atoms with Gasteiger partial charge in [0.25, 0.3) is 0 Å². The summed E-state index contributed by atoms with van der Waals surface area (Å²) in [5, 5.41) is 6.83. The number of hydrogen-bond donors (Lipinski definition) is 2. The van der Waals surface area contributed by atoms with Gasteiger partial charge in [-0.25, -0.2) is 0 Å². The minimum atomic E-state index is -1.41. The van der Waals surface area contributed by atoms with Gasteiger partial charge in [0.1, 0.15) is 0 Å². The molecule has 3 N–H and O–H groups in total. The quantitative estimate of drug-likeness (QED) is 0.111. The van der Waals surface area contributed by atoms with Gasteiger partial charge >= 0.3 is 248 Å². The molecule has 0 spiro atoms. The number of carbonyl (C=O) groups excluding carboxylic acids is 4. The number of hydrogen-bond acceptors (Lipinski definition) is 10. The first-order valence-electron chi connectivity index (χ1n) is 12.8. The minimum absolute atomic E-state index is 0.194. The van der Waals surface area contributed by atoms with Gasteiger partial charge in [-0.2, -0.15) is 0 Å². The van der Waals surface area contributed by atoms with Gasteiger partial charge in [-0.15, -0.1) is 0 Å². The van der Waals surface area contributed by atoms with Crippen molar-refractivity contribution in [3.63, 3.8) is 0 Å². The average molecular weight is 640 g/mol. The number of carbonyl (C=O) groups is 4. The van der Waals surface area contributed by atoms with Crippen LogP contribution in [0.25, 0.3) is 0 Å². The van der Waals surface area contributed by atoms with Gasteiger partial charge < -0.3 is 0 Å². The predicted molar refractivity (Wildman–Crippen MR) is 150 cm³/mol. The molecule has 0 saturated carbocycles. The zero-order valence-corrected chi connectivity index (χ0v) is 24.1. The fourth-order valence-electron chi connectivity index (χ4n) is 4.17. The normalized spacial score (nSPS) is 21.4. The molecule has 11 nitrogen and oxygen atoms in total. The molecule has 218 valence electrons. The van der Waals surface area contributed by atoms with Gasteiger partial charge in [0.05, 0.1) is 0 Å². The Morgan fingerprint density at radius 2 is 1.17 bits per heavy atom. The molecule has 3 aromatic rings. The number of esters is 4. The van der Waals surface area contributed by atoms with E-state index in [9.17, 15) is 19.2 Å². The predicted octanol–water partition coefficient (Wildman–Crippen LogP) is 2.55. The maximum absolute atomic E-state index is 13.2. The molecule has 0 unspecified atom stereocenters. The fraction of sp³-hybridized carbons (Fsp3) is 0.233. The van der Waals surface area contributed by atoms with Gasteiger partial charge in [0, 0.05) is 0 Å². The van der Waals surface area contributed by atoms with Gasteiger partial charge in [0.15, 0.2) is 0 Å². The molecule has 0 aliphatic carbocycles. The van der Waals surface area contributed by atoms with Crippen LogP contribution in [-0.4, -0.2) is 79.6 Å². The fourth-order valence-corrected chi connectivity index (χ4v) is 5.84. The summed E-state index contributed by atoms with van der Waals surface area (Å²) >= 11 is -0.909. The third kappa shape index (κ3) is 8.03. The summed E-state index contributed by atoms with van der Waals surface area (Å²) < 4.78 is 28.7. The molecule has 0 aromatic heterocycles. The Labute approximate surface area is 247 Å². The Morgan fingerprint density at radius 1 is 0.714 bits per heavy atom. The zero-order valence-electron chi connectivity index (χ0n) is 22.4. The van der Waals surface area contributed by atoms with Crippen molar-refractivity contribution in [1.29, 1.82) is 5.41 Å². The van der Waals surface area contributed by atoms with Crippen LogP contribution in [0.5, 0.6) is 0 Å². The molecule has 1 aliphatic rings. The maximum atomic E-state index is 13.2. The molecule has 4 rings (SSSR count). The Balaban J connectivity index is 1.71. The summed E-state index contributed by atoms with van der Waals surface area (Å²) in [7, 11) is 0. The summed E-state index contributed by atoms with van der Waals surface area (Å²) in [5.41, 5.74) is 6.37. The number of amidine groups is 1. The van der Waals surface area contributed by atoms with E-state index in [4.69, 9.17) is 34.8 Å². The molecule has 1 saturated heterocycles. The Hall–Kier alpha value is -4.51. The number of rotatable bonds is 10. The van der Waals surface area contributed by atoms with Crippen molar-refractivity contribution in [3.8, 4) is 0 Å². The van der Waals surface area contributed by atoms with E-state index < -0.39 is 74.9 Å². The first kappa shape index (κ1) is 30.4. The molecule has 12 heteroatoms. The van der Waals surface area contributed by atoms with E-state index >= 15 is 0 Å². The van der Waals surface area contributed by atoms with E-state index in [0.717, 1.165) is 6.92 Å². The second kappa shape index (κ2) is 14.4. The van der Waals surface area contributed by atoms with Gasteiger partial charge in [0.2, 0.25) is 0 Å². The standard InChI is InChI=1S/C30H28N2O9Se/c1-18(33)38-25-24(41-28(36)21-15-9-4-10-16-21)23(40-27(35)20-13-7-3-8-14-20)22(39-29(25)42-30(31)32)17-37-26(34)19-11-5-2-6-12-19/h2-16,22-25,29H,17H2,1H3,(H3,31,32)/t22-,23-,24+,25+,29-/m1/s1. The van der Waals surface area contributed by atoms with Crippen LogP contribution in [0.15, 0.2) is 91.0 Å². The van der Waals surface area contributed by atoms with Crippen LogP contribution >= 0.6 is 0 Å². The summed E-state index contributed by atoms with van der Waals surface area (Å²) in [4.78, 5) is 51.4. The Bertz CT molecular complexity index is 1410. The number of nitrogens with one attached hydrogen (secondary N) is 1. The van der Waals surface area contributed by atoms with Crippen LogP contribution in [0.2, 0.25) is 0 Å². The van der Waals surface area contributed by atoms with Crippen LogP contribution in [0.3, 0.4) is 0 Å². The second-order valence-electron chi connectivity index (χ2n) is 9.04. The van der Waals surface area contributed by atoms with Crippen LogP contribution < -0.4 is 5.73 Å². The third-order valence-electron chi connectivity index (χ3n) is 6.03. The SMILES string of the molecule is CC(=O)O[C@H]1[C@@H](OC(=O)c2ccccc2)[C@H](OC(=O)c2ccccc2)[C@@H](COC(=O)c2ccccc2)O[C@@H]1[Se]C(=N)N. The van der Waals surface area contributed by atoms with Crippen LogP contribution in [-0.2, 0) is 28.5 Å². The molecule has 1 fully saturated rings. The van der Waals surface area contributed by atoms with Crippen LogP contribution in [0, 0.1) is 5.41 Å². The van der Waals surface area contributed by atoms with E-state index in [1.807, 2.05) is 0 Å². The zero-order chi connectivity index (χ0) is 30.1. The molecular weight excluding hydrogens is 611 g/mol. The third-order valence-corrected chi connectivity index (χ3v) is 7.85. The Kier molecular flexibility index (Phi) is 10.4. The number of ether oxygens (including phenoxy) is 5. The Morgan fingerprint density at radius 3 is 1.62 bits per heavy atom. The average Bonchev–Trinajstić information content (AvgIpc) is 2.99. The number of nitrogens with two attached hydrogens (primary N) is 1. The van der Waals surface area contributed by atoms with Gasteiger partial charge in [-0.1, -0.05) is 0 Å². The van der Waals surface area contributed by atoms with Crippen molar-refractivity contribution in [2.75, 3.05) is 6.61 Å². The monoisotopic (exact) mass is 640 g/mol. The summed E-state index contributed by atoms with van der Waals surface area (Å²) in [6, 6.07) is 24.4. The molecule has 0 bridgehead atoms. The molecule has 5 atom stereocenters. The molecule has 0 amide bonds. The van der Waals surface area contributed by atoms with Crippen molar-refractivity contribution in [2.24, 2.45) is 5.73 Å². The molecule has 0 radical (unpaired) electrons. The summed E-state index contributed by atoms with van der Waals surface area (Å²) in [6.07, 6.45) is -5.28. The molecule has 3 aromatic carbocycles. The van der Waals surface area contributed by atoms with Crippen molar-refractivity contribution in [2.45, 2.75) is 36.3 Å². The van der Waals surface area contributed by atoms with E-state index in [1.54, 1.807) is 66.7 Å². The van der Waals surface area contributed by atoms with E-state index in [2.05, 4.69) is 0 Å². The summed E-state index contributed by atoms with van der Waals surface area (Å²) in [6.45, 7) is 0.740. The van der Waals surface area contributed by atoms with E-state index in [-0.39, 0.29) is 21.4 Å². The van der Waals surface area contributed by atoms with Crippen LogP contribution in [0.4, 0.5) is 0 Å². The first-order valence-corrected chi connectivity index (χ1v) is 14.6. The topological polar surface area (TPSA) is 164 Å². The first-order chi connectivity index (χ1) is 20.2. The number of benzene rings is 3. The second-order valence-corrected chi connectivity index (χ2v) is 11.4. The summed E-state index contributed by atoms with van der Waals surface area (Å²) in [5.74, 6) is -2.95. The van der Waals surface area contributed by atoms with Crippen molar-refractivity contribution >= 4 is 43.6 Å². The van der Waals surface area contributed by atoms with Crippen LogP contribution in [0.1, 0.15) is 38.0 Å². The van der Waals surface area contributed by atoms with Crippen molar-refractivity contribution in [3.05, 3.63) is 108 Å². The van der Waals surface area contributed by atoms with Crippen molar-refractivity contribution in [1.82, 2.24) is 0 Å². The van der Waals surface area contributed by atoms with Crippen molar-refractivity contribution < 1.29 is 42.9 Å². The molecular formula is C30H28N2O9Se. The van der Waals surface area contributed by atoms with E-state index in [1.165, 1.54) is 24.3 Å². The molecule has 1 aliphatic heterocycles. The van der Waals surface area contributed by atoms with Gasteiger partial charge in [-0.3, -0.25) is 0 Å². The molecule has 42 heavy (non-hydrogen) atoms. The molecule has 1 heterocycles. The van der Waals surface area contributed by atoms with E-state index in [0.29, 0.717) is 0 Å².